The highest BCUT2D eigenvalue weighted by molar-refractivity contribution is 6.06. The quantitative estimate of drug-likeness (QED) is 0.217. The minimum Gasteiger partial charge on any atom is -0.357 e. The highest BCUT2D eigenvalue weighted by atomic mass is 16.2. The van der Waals surface area contributed by atoms with Crippen molar-refractivity contribution in [1.29, 1.82) is 0 Å². The zero-order valence-corrected chi connectivity index (χ0v) is 16.0. The van der Waals surface area contributed by atoms with Crippen molar-refractivity contribution in [3.05, 3.63) is 12.2 Å². The lowest BCUT2D eigenvalue weighted by Crippen LogP contribution is -2.38. The normalized spacial score (nSPS) is 29.6. The van der Waals surface area contributed by atoms with Gasteiger partial charge in [-0.05, 0) is 38.0 Å². The lowest BCUT2D eigenvalue weighted by Gasteiger charge is -2.17. The Bertz CT molecular complexity index is 556. The summed E-state index contributed by atoms with van der Waals surface area (Å²) in [5.74, 6) is 1.32. The minimum absolute atomic E-state index is 0.0467. The zero-order chi connectivity index (χ0) is 18.5. The molecule has 2 aliphatic carbocycles. The molecule has 1 saturated carbocycles. The van der Waals surface area contributed by atoms with E-state index in [1.165, 1.54) is 17.7 Å². The van der Waals surface area contributed by atoms with Gasteiger partial charge >= 0.3 is 0 Å². The second-order valence-electron chi connectivity index (χ2n) is 7.58. The largest absolute Gasteiger partial charge is 0.357 e. The first kappa shape index (κ1) is 18.9. The number of nitrogens with zero attached hydrogens (tertiary/aromatic N) is 2. The molecule has 6 heteroatoms. The van der Waals surface area contributed by atoms with E-state index in [-0.39, 0.29) is 35.5 Å². The Hall–Kier alpha value is -1.85. The van der Waals surface area contributed by atoms with E-state index in [1.54, 1.807) is 0 Å². The summed E-state index contributed by atoms with van der Waals surface area (Å²) in [6.07, 6.45) is 9.52. The fourth-order valence-electron chi connectivity index (χ4n) is 4.53. The molecule has 144 valence electrons. The summed E-state index contributed by atoms with van der Waals surface area (Å²) in [6, 6.07) is 0. The van der Waals surface area contributed by atoms with E-state index < -0.39 is 0 Å². The topological polar surface area (TPSA) is 73.8 Å². The Balaban J connectivity index is 1.45. The number of hydrogen-bond donors (Lipinski definition) is 2. The molecular weight excluding hydrogens is 328 g/mol. The van der Waals surface area contributed by atoms with Gasteiger partial charge in [-0.15, -0.1) is 0 Å². The number of nitrogens with one attached hydrogen (secondary N) is 2. The molecule has 4 unspecified atom stereocenters. The van der Waals surface area contributed by atoms with Crippen LogP contribution in [0.25, 0.3) is 0 Å². The summed E-state index contributed by atoms with van der Waals surface area (Å²) in [4.78, 5) is 31.3. The summed E-state index contributed by atoms with van der Waals surface area (Å²) in [5.41, 5.74) is 0. The molecule has 0 radical (unpaired) electrons. The van der Waals surface area contributed by atoms with Gasteiger partial charge in [0.25, 0.3) is 0 Å². The van der Waals surface area contributed by atoms with Crippen molar-refractivity contribution in [3.8, 4) is 0 Å². The van der Waals surface area contributed by atoms with Gasteiger partial charge < -0.3 is 10.6 Å². The van der Waals surface area contributed by atoms with Crippen molar-refractivity contribution in [2.75, 3.05) is 26.2 Å². The lowest BCUT2D eigenvalue weighted by atomic mass is 9.85. The van der Waals surface area contributed by atoms with Gasteiger partial charge in [-0.25, -0.2) is 0 Å². The van der Waals surface area contributed by atoms with Crippen LogP contribution in [0.2, 0.25) is 0 Å². The van der Waals surface area contributed by atoms with Crippen LogP contribution in [0.3, 0.4) is 0 Å². The maximum Gasteiger partial charge on any atom is 0.233 e. The Morgan fingerprint density at radius 2 is 1.77 bits per heavy atom. The SMILES string of the molecule is CCCCCNC(=NCCCN1C(=O)C2C3C=CC(C3)C2C1=O)NCC. The Labute approximate surface area is 156 Å². The summed E-state index contributed by atoms with van der Waals surface area (Å²) >= 11 is 0. The third-order valence-electron chi connectivity index (χ3n) is 5.79. The standard InChI is InChI=1S/C20H32N4O2/c1-3-5-6-10-22-20(21-4-2)23-11-7-12-24-18(25)16-14-8-9-15(13-14)17(16)19(24)26/h8-9,14-17H,3-7,10-13H2,1-2H3,(H2,21,22,23). The first-order valence-electron chi connectivity index (χ1n) is 10.2. The highest BCUT2D eigenvalue weighted by Gasteiger charge is 2.58. The fourth-order valence-corrected chi connectivity index (χ4v) is 4.53. The van der Waals surface area contributed by atoms with E-state index >= 15 is 0 Å². The number of carbonyl (C=O) groups is 2. The summed E-state index contributed by atoms with van der Waals surface area (Å²) < 4.78 is 0. The number of likely N-dealkylation sites (tertiary alicyclic amines) is 1. The third kappa shape index (κ3) is 3.79. The Morgan fingerprint density at radius 3 is 2.38 bits per heavy atom. The molecule has 2 bridgehead atoms. The van der Waals surface area contributed by atoms with E-state index in [0.717, 1.165) is 31.9 Å². The van der Waals surface area contributed by atoms with Crippen molar-refractivity contribution >= 4 is 17.8 Å². The number of allylic oxidation sites excluding steroid dienone is 2. The summed E-state index contributed by atoms with van der Waals surface area (Å²) in [7, 11) is 0. The average molecular weight is 361 g/mol. The molecule has 0 aromatic carbocycles. The number of fused-ring (bicyclic) bond motifs is 5. The van der Waals surface area contributed by atoms with E-state index in [4.69, 9.17) is 0 Å². The van der Waals surface area contributed by atoms with Crippen LogP contribution in [0.5, 0.6) is 0 Å². The molecule has 4 atom stereocenters. The molecule has 1 aliphatic heterocycles. The van der Waals surface area contributed by atoms with Crippen LogP contribution >= 0.6 is 0 Å². The second kappa shape index (κ2) is 8.69. The zero-order valence-electron chi connectivity index (χ0n) is 16.0. The van der Waals surface area contributed by atoms with Gasteiger partial charge in [0.2, 0.25) is 11.8 Å². The van der Waals surface area contributed by atoms with E-state index in [2.05, 4.69) is 34.7 Å². The summed E-state index contributed by atoms with van der Waals surface area (Å²) in [6.45, 7) is 7.08. The van der Waals surface area contributed by atoms with Crippen molar-refractivity contribution in [1.82, 2.24) is 15.5 Å². The van der Waals surface area contributed by atoms with Crippen molar-refractivity contribution in [2.45, 2.75) is 46.0 Å². The van der Waals surface area contributed by atoms with Crippen LogP contribution in [0.4, 0.5) is 0 Å². The van der Waals surface area contributed by atoms with Gasteiger partial charge in [-0.3, -0.25) is 19.5 Å². The van der Waals surface area contributed by atoms with Gasteiger partial charge in [-0.1, -0.05) is 31.9 Å². The van der Waals surface area contributed by atoms with Gasteiger partial charge in [0.1, 0.15) is 0 Å². The molecule has 0 aromatic rings. The molecule has 1 saturated heterocycles. The molecule has 1 heterocycles. The molecule has 0 aromatic heterocycles. The highest BCUT2D eigenvalue weighted by Crippen LogP contribution is 2.52. The van der Waals surface area contributed by atoms with Crippen molar-refractivity contribution in [2.24, 2.45) is 28.7 Å². The molecule has 2 N–H and O–H groups in total. The van der Waals surface area contributed by atoms with Gasteiger partial charge in [0.15, 0.2) is 5.96 Å². The smallest absolute Gasteiger partial charge is 0.233 e. The number of hydrogen-bond acceptors (Lipinski definition) is 3. The molecule has 0 spiro atoms. The molecular formula is C20H32N4O2. The number of rotatable bonds is 9. The molecule has 26 heavy (non-hydrogen) atoms. The van der Waals surface area contributed by atoms with Crippen molar-refractivity contribution < 1.29 is 9.59 Å². The number of amides is 2. The maximum absolute atomic E-state index is 12.6. The monoisotopic (exact) mass is 360 g/mol. The van der Waals surface area contributed by atoms with Crippen molar-refractivity contribution in [3.63, 3.8) is 0 Å². The summed E-state index contributed by atoms with van der Waals surface area (Å²) in [5, 5.41) is 6.58. The van der Waals surface area contributed by atoms with Crippen LogP contribution in [-0.2, 0) is 9.59 Å². The molecule has 3 rings (SSSR count). The predicted molar refractivity (Wildman–Crippen MR) is 103 cm³/mol. The lowest BCUT2D eigenvalue weighted by molar-refractivity contribution is -0.140. The third-order valence-corrected chi connectivity index (χ3v) is 5.79. The number of guanidine groups is 1. The van der Waals surface area contributed by atoms with E-state index in [9.17, 15) is 9.59 Å². The number of unbranched alkanes of at least 4 members (excludes halogenated alkanes) is 2. The van der Waals surface area contributed by atoms with Crippen LogP contribution in [0.15, 0.2) is 17.1 Å². The predicted octanol–water partition coefficient (Wildman–Crippen LogP) is 1.93. The van der Waals surface area contributed by atoms with Crippen LogP contribution in [0.1, 0.15) is 46.0 Å². The first-order valence-corrected chi connectivity index (χ1v) is 10.2. The molecule has 6 nitrogen and oxygen atoms in total. The maximum atomic E-state index is 12.6. The van der Waals surface area contributed by atoms with Crippen LogP contribution < -0.4 is 10.6 Å². The van der Waals surface area contributed by atoms with Gasteiger partial charge in [-0.2, -0.15) is 0 Å². The second-order valence-corrected chi connectivity index (χ2v) is 7.58. The minimum atomic E-state index is -0.0847. The van der Waals surface area contributed by atoms with E-state index in [1.807, 2.05) is 6.92 Å². The first-order chi connectivity index (χ1) is 12.7. The van der Waals surface area contributed by atoms with Gasteiger partial charge in [0, 0.05) is 26.2 Å². The molecule has 2 fully saturated rings. The number of aliphatic imine (C=N–C) groups is 1. The number of imide groups is 1. The van der Waals surface area contributed by atoms with Crippen LogP contribution in [0, 0.1) is 23.7 Å². The van der Waals surface area contributed by atoms with Gasteiger partial charge in [0.05, 0.1) is 11.8 Å². The van der Waals surface area contributed by atoms with Crippen LogP contribution in [-0.4, -0.2) is 48.9 Å². The Kier molecular flexibility index (Phi) is 6.33. The average Bonchev–Trinajstić information content (AvgIpc) is 3.31. The Morgan fingerprint density at radius 1 is 1.08 bits per heavy atom. The van der Waals surface area contributed by atoms with E-state index in [0.29, 0.717) is 19.5 Å². The fraction of sp³-hybridized carbons (Fsp3) is 0.750. The molecule has 3 aliphatic rings. The molecule has 2 amide bonds. The number of carbonyl (C=O) groups excluding carboxylic acids is 2.